The molecule has 2 N–H and O–H groups in total. The van der Waals surface area contributed by atoms with E-state index in [0.29, 0.717) is 0 Å². The SMILES string of the molecule is O=C(O)c1ccc(NCCOCC(F)F)c([N+](=O)[O-])c1. The maximum atomic E-state index is 11.8. The fourth-order valence-electron chi connectivity index (χ4n) is 1.40. The number of benzene rings is 1. The Kier molecular flexibility index (Phi) is 5.78. The van der Waals surface area contributed by atoms with Gasteiger partial charge in [0.25, 0.3) is 12.1 Å². The number of halogens is 2. The van der Waals surface area contributed by atoms with Gasteiger partial charge in [-0.25, -0.2) is 13.6 Å². The van der Waals surface area contributed by atoms with Gasteiger partial charge in [-0.15, -0.1) is 0 Å². The topological polar surface area (TPSA) is 102 Å². The summed E-state index contributed by atoms with van der Waals surface area (Å²) >= 11 is 0. The number of hydrogen-bond donors (Lipinski definition) is 2. The van der Waals surface area contributed by atoms with E-state index in [1.54, 1.807) is 0 Å². The van der Waals surface area contributed by atoms with E-state index in [2.05, 4.69) is 10.1 Å². The van der Waals surface area contributed by atoms with Crippen LogP contribution in [-0.4, -0.2) is 42.2 Å². The van der Waals surface area contributed by atoms with Crippen LogP contribution in [0.3, 0.4) is 0 Å². The molecule has 0 fully saturated rings. The highest BCUT2D eigenvalue weighted by molar-refractivity contribution is 5.89. The van der Waals surface area contributed by atoms with Gasteiger partial charge in [0.1, 0.15) is 12.3 Å². The van der Waals surface area contributed by atoms with Gasteiger partial charge in [0, 0.05) is 12.6 Å². The van der Waals surface area contributed by atoms with Gasteiger partial charge < -0.3 is 15.2 Å². The molecule has 0 heterocycles. The van der Waals surface area contributed by atoms with Crippen LogP contribution in [0.2, 0.25) is 0 Å². The quantitative estimate of drug-likeness (QED) is 0.431. The Hall–Kier alpha value is -2.29. The van der Waals surface area contributed by atoms with E-state index in [0.717, 1.165) is 6.07 Å². The van der Waals surface area contributed by atoms with Crippen molar-refractivity contribution in [1.29, 1.82) is 0 Å². The van der Waals surface area contributed by atoms with Crippen LogP contribution in [0.1, 0.15) is 10.4 Å². The monoisotopic (exact) mass is 290 g/mol. The van der Waals surface area contributed by atoms with E-state index in [4.69, 9.17) is 5.11 Å². The summed E-state index contributed by atoms with van der Waals surface area (Å²) in [7, 11) is 0. The highest BCUT2D eigenvalue weighted by Gasteiger charge is 2.16. The smallest absolute Gasteiger partial charge is 0.335 e. The maximum Gasteiger partial charge on any atom is 0.335 e. The Morgan fingerprint density at radius 2 is 2.20 bits per heavy atom. The molecule has 1 aromatic carbocycles. The summed E-state index contributed by atoms with van der Waals surface area (Å²) in [5.74, 6) is -1.28. The van der Waals surface area contributed by atoms with Gasteiger partial charge in [-0.3, -0.25) is 10.1 Å². The molecule has 9 heteroatoms. The second-order valence-corrected chi connectivity index (χ2v) is 3.69. The first-order valence-corrected chi connectivity index (χ1v) is 5.53. The fourth-order valence-corrected chi connectivity index (χ4v) is 1.40. The molecule has 0 spiro atoms. The van der Waals surface area contributed by atoms with E-state index >= 15 is 0 Å². The molecular formula is C11H12F2N2O5. The molecule has 0 amide bonds. The lowest BCUT2D eigenvalue weighted by Crippen LogP contribution is -2.14. The van der Waals surface area contributed by atoms with Crippen molar-refractivity contribution in [3.63, 3.8) is 0 Å². The summed E-state index contributed by atoms with van der Waals surface area (Å²) < 4.78 is 28.2. The van der Waals surface area contributed by atoms with Crippen molar-refractivity contribution >= 4 is 17.3 Å². The lowest BCUT2D eigenvalue weighted by atomic mass is 10.1. The zero-order valence-electron chi connectivity index (χ0n) is 10.2. The average molecular weight is 290 g/mol. The van der Waals surface area contributed by atoms with E-state index in [1.807, 2.05) is 0 Å². The summed E-state index contributed by atoms with van der Waals surface area (Å²) in [6, 6.07) is 3.37. The predicted octanol–water partition coefficient (Wildman–Crippen LogP) is 1.99. The Bertz CT molecular complexity index is 496. The minimum absolute atomic E-state index is 0.0534. The number of nitrogens with one attached hydrogen (secondary N) is 1. The maximum absolute atomic E-state index is 11.8. The Morgan fingerprint density at radius 1 is 1.50 bits per heavy atom. The number of nitrogens with zero attached hydrogens (tertiary/aromatic N) is 1. The zero-order valence-corrected chi connectivity index (χ0v) is 10.2. The van der Waals surface area contributed by atoms with Crippen molar-refractivity contribution in [3.8, 4) is 0 Å². The van der Waals surface area contributed by atoms with Gasteiger partial charge in [0.05, 0.1) is 17.1 Å². The van der Waals surface area contributed by atoms with E-state index in [-0.39, 0.29) is 24.4 Å². The normalized spacial score (nSPS) is 10.6. The molecule has 0 aliphatic rings. The Morgan fingerprint density at radius 3 is 2.75 bits per heavy atom. The van der Waals surface area contributed by atoms with Crippen LogP contribution in [0.15, 0.2) is 18.2 Å². The second kappa shape index (κ2) is 7.34. The minimum Gasteiger partial charge on any atom is -0.478 e. The highest BCUT2D eigenvalue weighted by Crippen LogP contribution is 2.25. The largest absolute Gasteiger partial charge is 0.478 e. The lowest BCUT2D eigenvalue weighted by molar-refractivity contribution is -0.384. The first-order chi connectivity index (χ1) is 9.41. The van der Waals surface area contributed by atoms with Gasteiger partial charge >= 0.3 is 5.97 Å². The summed E-state index contributed by atoms with van der Waals surface area (Å²) in [5, 5.41) is 22.2. The number of hydrogen-bond acceptors (Lipinski definition) is 5. The first-order valence-electron chi connectivity index (χ1n) is 5.53. The molecule has 0 unspecified atom stereocenters. The molecule has 0 aliphatic carbocycles. The van der Waals surface area contributed by atoms with Gasteiger partial charge in [-0.2, -0.15) is 0 Å². The first kappa shape index (κ1) is 15.8. The molecule has 0 radical (unpaired) electrons. The Balaban J connectivity index is 2.65. The molecule has 0 aromatic heterocycles. The number of rotatable bonds is 8. The molecule has 0 atom stereocenters. The number of carboxylic acid groups (broad SMARTS) is 1. The van der Waals surface area contributed by atoms with Crippen molar-refractivity contribution in [2.45, 2.75) is 6.43 Å². The van der Waals surface area contributed by atoms with Crippen molar-refractivity contribution < 1.29 is 28.3 Å². The van der Waals surface area contributed by atoms with E-state index in [1.165, 1.54) is 12.1 Å². The molecule has 1 rings (SSSR count). The third-order valence-electron chi connectivity index (χ3n) is 2.25. The highest BCUT2D eigenvalue weighted by atomic mass is 19.3. The standard InChI is InChI=1S/C11H12F2N2O5/c12-10(13)6-20-4-3-14-8-2-1-7(11(16)17)5-9(8)15(18)19/h1-2,5,10,14H,3-4,6H2,(H,16,17). The van der Waals surface area contributed by atoms with Crippen molar-refractivity contribution in [2.75, 3.05) is 25.1 Å². The lowest BCUT2D eigenvalue weighted by Gasteiger charge is -2.08. The predicted molar refractivity (Wildman–Crippen MR) is 65.4 cm³/mol. The van der Waals surface area contributed by atoms with Crippen LogP contribution in [0, 0.1) is 10.1 Å². The molecule has 1 aromatic rings. The van der Waals surface area contributed by atoms with Crippen LogP contribution in [0.5, 0.6) is 0 Å². The van der Waals surface area contributed by atoms with Crippen molar-refractivity contribution in [3.05, 3.63) is 33.9 Å². The third-order valence-corrected chi connectivity index (χ3v) is 2.25. The van der Waals surface area contributed by atoms with Crippen LogP contribution in [0.25, 0.3) is 0 Å². The number of carboxylic acids is 1. The van der Waals surface area contributed by atoms with E-state index in [9.17, 15) is 23.7 Å². The van der Waals surface area contributed by atoms with Crippen molar-refractivity contribution in [2.24, 2.45) is 0 Å². The number of aromatic carboxylic acids is 1. The van der Waals surface area contributed by atoms with Crippen molar-refractivity contribution in [1.82, 2.24) is 0 Å². The number of nitro benzene ring substituents is 1. The summed E-state index contributed by atoms with van der Waals surface area (Å²) in [6.07, 6.45) is -2.57. The molecular weight excluding hydrogens is 278 g/mol. The second-order valence-electron chi connectivity index (χ2n) is 3.69. The summed E-state index contributed by atoms with van der Waals surface area (Å²) in [6.45, 7) is -0.677. The Labute approximate surface area is 112 Å². The molecule has 7 nitrogen and oxygen atoms in total. The number of anilines is 1. The van der Waals surface area contributed by atoms with Gasteiger partial charge in [0.15, 0.2) is 0 Å². The molecule has 20 heavy (non-hydrogen) atoms. The summed E-state index contributed by atoms with van der Waals surface area (Å²) in [5.41, 5.74) is -0.518. The van der Waals surface area contributed by atoms with Crippen LogP contribution in [-0.2, 0) is 4.74 Å². The van der Waals surface area contributed by atoms with E-state index < -0.39 is 29.6 Å². The molecule has 0 aliphatic heterocycles. The summed E-state index contributed by atoms with van der Waals surface area (Å²) in [4.78, 5) is 20.8. The number of nitro groups is 1. The third kappa shape index (κ3) is 4.76. The van der Waals surface area contributed by atoms with Gasteiger partial charge in [0.2, 0.25) is 0 Å². The zero-order chi connectivity index (χ0) is 15.1. The molecule has 0 bridgehead atoms. The fraction of sp³-hybridized carbons (Fsp3) is 0.364. The molecule has 0 saturated heterocycles. The number of carbonyl (C=O) groups is 1. The molecule has 0 saturated carbocycles. The molecule has 110 valence electrons. The van der Waals surface area contributed by atoms with Gasteiger partial charge in [-0.05, 0) is 12.1 Å². The van der Waals surface area contributed by atoms with Crippen LogP contribution in [0.4, 0.5) is 20.2 Å². The minimum atomic E-state index is -2.57. The van der Waals surface area contributed by atoms with Crippen LogP contribution < -0.4 is 5.32 Å². The number of alkyl halides is 2. The number of ether oxygens (including phenoxy) is 1. The van der Waals surface area contributed by atoms with Crippen LogP contribution >= 0.6 is 0 Å². The van der Waals surface area contributed by atoms with Gasteiger partial charge in [-0.1, -0.05) is 0 Å². The average Bonchev–Trinajstić information content (AvgIpc) is 2.37.